The molecule has 2 aromatic rings. The number of rotatable bonds is 6. The van der Waals surface area contributed by atoms with Crippen molar-refractivity contribution < 1.29 is 14.1 Å². The van der Waals surface area contributed by atoms with Crippen molar-refractivity contribution in [2.24, 2.45) is 11.7 Å². The fourth-order valence-corrected chi connectivity index (χ4v) is 2.99. The third kappa shape index (κ3) is 4.64. The quantitative estimate of drug-likeness (QED) is 0.817. The summed E-state index contributed by atoms with van der Waals surface area (Å²) in [5.74, 6) is 2.09. The van der Waals surface area contributed by atoms with Crippen molar-refractivity contribution in [3.8, 4) is 17.1 Å². The van der Waals surface area contributed by atoms with Crippen LogP contribution in [0.25, 0.3) is 11.4 Å². The predicted molar refractivity (Wildman–Crippen MR) is 101 cm³/mol. The molecule has 0 radical (unpaired) electrons. The Kier molecular flexibility index (Phi) is 6.08. The number of aromatic nitrogens is 2. The monoisotopic (exact) mass is 373 g/mol. The highest BCUT2D eigenvalue weighted by molar-refractivity contribution is 5.82. The number of nitrogens with zero attached hydrogens (tertiary/aromatic N) is 4. The molecule has 0 aliphatic carbocycles. The third-order valence-corrected chi connectivity index (χ3v) is 4.86. The first-order valence-electron chi connectivity index (χ1n) is 9.21. The van der Waals surface area contributed by atoms with Crippen molar-refractivity contribution in [1.29, 1.82) is 0 Å². The molecule has 1 aromatic heterocycles. The van der Waals surface area contributed by atoms with Gasteiger partial charge in [-0.05, 0) is 30.2 Å². The molecule has 0 saturated carbocycles. The summed E-state index contributed by atoms with van der Waals surface area (Å²) in [6.07, 6.45) is 0. The zero-order chi connectivity index (χ0) is 19.4. The second-order valence-corrected chi connectivity index (χ2v) is 7.11. The summed E-state index contributed by atoms with van der Waals surface area (Å²) in [7, 11) is 1.63. The van der Waals surface area contributed by atoms with Crippen LogP contribution in [-0.2, 0) is 11.3 Å². The van der Waals surface area contributed by atoms with Crippen molar-refractivity contribution in [3.05, 3.63) is 30.2 Å². The molecule has 2 N–H and O–H groups in total. The molecular formula is C19H27N5O3. The van der Waals surface area contributed by atoms with E-state index in [0.29, 0.717) is 31.3 Å². The normalized spacial score (nSPS) is 16.6. The molecule has 8 nitrogen and oxygen atoms in total. The van der Waals surface area contributed by atoms with Crippen molar-refractivity contribution in [2.45, 2.75) is 26.4 Å². The predicted octanol–water partition coefficient (Wildman–Crippen LogP) is 1.37. The zero-order valence-electron chi connectivity index (χ0n) is 16.1. The fourth-order valence-electron chi connectivity index (χ4n) is 2.99. The Morgan fingerprint density at radius 1 is 1.22 bits per heavy atom. The van der Waals surface area contributed by atoms with Gasteiger partial charge in [0.2, 0.25) is 17.6 Å². The lowest BCUT2D eigenvalue weighted by atomic mass is 10.0. The third-order valence-electron chi connectivity index (χ3n) is 4.86. The van der Waals surface area contributed by atoms with Crippen LogP contribution in [0.2, 0.25) is 0 Å². The van der Waals surface area contributed by atoms with E-state index >= 15 is 0 Å². The first-order chi connectivity index (χ1) is 13.0. The Labute approximate surface area is 159 Å². The van der Waals surface area contributed by atoms with Crippen molar-refractivity contribution in [1.82, 2.24) is 19.9 Å². The first-order valence-corrected chi connectivity index (χ1v) is 9.21. The Morgan fingerprint density at radius 3 is 2.48 bits per heavy atom. The largest absolute Gasteiger partial charge is 0.497 e. The van der Waals surface area contributed by atoms with Gasteiger partial charge in [0, 0.05) is 31.7 Å². The molecule has 27 heavy (non-hydrogen) atoms. The number of benzene rings is 1. The number of ether oxygens (including phenoxy) is 1. The number of methoxy groups -OCH3 is 1. The van der Waals surface area contributed by atoms with E-state index in [1.54, 1.807) is 7.11 Å². The molecule has 1 saturated heterocycles. The average molecular weight is 373 g/mol. The smallest absolute Gasteiger partial charge is 0.241 e. The number of piperazine rings is 1. The summed E-state index contributed by atoms with van der Waals surface area (Å²) in [6.45, 7) is 7.36. The van der Waals surface area contributed by atoms with Crippen LogP contribution < -0.4 is 10.5 Å². The minimum Gasteiger partial charge on any atom is -0.497 e. The van der Waals surface area contributed by atoms with Gasteiger partial charge in [-0.15, -0.1) is 0 Å². The lowest BCUT2D eigenvalue weighted by Crippen LogP contribution is -2.54. The molecular weight excluding hydrogens is 346 g/mol. The maximum Gasteiger partial charge on any atom is 0.241 e. The Morgan fingerprint density at radius 2 is 1.89 bits per heavy atom. The van der Waals surface area contributed by atoms with Gasteiger partial charge in [0.1, 0.15) is 5.75 Å². The first kappa shape index (κ1) is 19.3. The molecule has 2 heterocycles. The molecule has 146 valence electrons. The fraction of sp³-hybridized carbons (Fsp3) is 0.526. The molecule has 1 amide bonds. The molecule has 1 aromatic carbocycles. The van der Waals surface area contributed by atoms with E-state index in [0.717, 1.165) is 24.4 Å². The summed E-state index contributed by atoms with van der Waals surface area (Å²) < 4.78 is 10.5. The molecule has 0 spiro atoms. The number of carbonyl (C=O) groups excluding carboxylic acids is 1. The molecule has 8 heteroatoms. The van der Waals surface area contributed by atoms with Gasteiger partial charge in [0.05, 0.1) is 19.7 Å². The SMILES string of the molecule is COc1ccc(-c2noc(CN3CCN(C(=O)[C@@H](N)C(C)C)CC3)n2)cc1. The van der Waals surface area contributed by atoms with Crippen LogP contribution in [0.15, 0.2) is 28.8 Å². The Bertz CT molecular complexity index is 751. The van der Waals surface area contributed by atoms with Gasteiger partial charge < -0.3 is 19.9 Å². The van der Waals surface area contributed by atoms with Gasteiger partial charge >= 0.3 is 0 Å². The minimum absolute atomic E-state index is 0.0317. The lowest BCUT2D eigenvalue weighted by Gasteiger charge is -2.35. The van der Waals surface area contributed by atoms with Crippen molar-refractivity contribution in [3.63, 3.8) is 0 Å². The zero-order valence-corrected chi connectivity index (χ0v) is 16.1. The van der Waals surface area contributed by atoms with Gasteiger partial charge in [-0.2, -0.15) is 4.98 Å². The van der Waals surface area contributed by atoms with E-state index in [2.05, 4.69) is 15.0 Å². The van der Waals surface area contributed by atoms with Crippen LogP contribution in [0, 0.1) is 5.92 Å². The molecule has 0 bridgehead atoms. The van der Waals surface area contributed by atoms with Crippen LogP contribution >= 0.6 is 0 Å². The van der Waals surface area contributed by atoms with Crippen LogP contribution in [0.3, 0.4) is 0 Å². The number of amides is 1. The minimum atomic E-state index is -0.431. The van der Waals surface area contributed by atoms with Crippen LogP contribution in [0.4, 0.5) is 0 Å². The van der Waals surface area contributed by atoms with Gasteiger partial charge in [0.15, 0.2) is 0 Å². The maximum atomic E-state index is 12.3. The molecule has 1 fully saturated rings. The Balaban J connectivity index is 1.54. The van der Waals surface area contributed by atoms with Gasteiger partial charge in [-0.25, -0.2) is 0 Å². The second kappa shape index (κ2) is 8.49. The average Bonchev–Trinajstić information content (AvgIpc) is 3.16. The summed E-state index contributed by atoms with van der Waals surface area (Å²) >= 11 is 0. The molecule has 1 atom stereocenters. The molecule has 0 unspecified atom stereocenters. The van der Waals surface area contributed by atoms with Crippen LogP contribution in [-0.4, -0.2) is 65.2 Å². The van der Waals surface area contributed by atoms with Crippen molar-refractivity contribution in [2.75, 3.05) is 33.3 Å². The standard InChI is InChI=1S/C19H27N5O3/c1-13(2)17(20)19(25)24-10-8-23(9-11-24)12-16-21-18(22-27-16)14-4-6-15(26-3)7-5-14/h4-7,13,17H,8-12,20H2,1-3H3/t17-/m0/s1. The highest BCUT2D eigenvalue weighted by Gasteiger charge is 2.27. The van der Waals surface area contributed by atoms with Crippen LogP contribution in [0.1, 0.15) is 19.7 Å². The number of nitrogens with two attached hydrogens (primary N) is 1. The van der Waals surface area contributed by atoms with E-state index in [4.69, 9.17) is 15.0 Å². The van der Waals surface area contributed by atoms with E-state index < -0.39 is 6.04 Å². The lowest BCUT2D eigenvalue weighted by molar-refractivity contribution is -0.135. The second-order valence-electron chi connectivity index (χ2n) is 7.11. The number of carbonyl (C=O) groups is 1. The summed E-state index contributed by atoms with van der Waals surface area (Å²) in [5, 5.41) is 4.06. The summed E-state index contributed by atoms with van der Waals surface area (Å²) in [6, 6.07) is 7.10. The summed E-state index contributed by atoms with van der Waals surface area (Å²) in [5.41, 5.74) is 6.86. The van der Waals surface area contributed by atoms with E-state index in [-0.39, 0.29) is 11.8 Å². The van der Waals surface area contributed by atoms with Gasteiger partial charge in [-0.3, -0.25) is 9.69 Å². The van der Waals surface area contributed by atoms with E-state index in [9.17, 15) is 4.79 Å². The number of hydrogen-bond donors (Lipinski definition) is 1. The molecule has 1 aliphatic rings. The molecule has 1 aliphatic heterocycles. The maximum absolute atomic E-state index is 12.3. The van der Waals surface area contributed by atoms with Gasteiger partial charge in [-0.1, -0.05) is 19.0 Å². The highest BCUT2D eigenvalue weighted by Crippen LogP contribution is 2.20. The Hall–Kier alpha value is -2.45. The van der Waals surface area contributed by atoms with E-state index in [1.807, 2.05) is 43.0 Å². The highest BCUT2D eigenvalue weighted by atomic mass is 16.5. The van der Waals surface area contributed by atoms with E-state index in [1.165, 1.54) is 0 Å². The summed E-state index contributed by atoms with van der Waals surface area (Å²) in [4.78, 5) is 20.9. The van der Waals surface area contributed by atoms with Crippen LogP contribution in [0.5, 0.6) is 5.75 Å². The molecule has 3 rings (SSSR count). The topological polar surface area (TPSA) is 97.7 Å². The number of hydrogen-bond acceptors (Lipinski definition) is 7. The van der Waals surface area contributed by atoms with Crippen molar-refractivity contribution >= 4 is 5.91 Å². The van der Waals surface area contributed by atoms with Gasteiger partial charge in [0.25, 0.3) is 0 Å².